The van der Waals surface area contributed by atoms with Gasteiger partial charge >= 0.3 is 5.97 Å². The standard InChI is InChI=1S/C15H18N2O3/c1-10(2)14-16-6-7-17(14)9-12-8-11(15(18)19)4-5-13(12)20-3/h4-8,10H,9H2,1-3H3,(H,18,19). The molecule has 0 aliphatic rings. The molecule has 20 heavy (non-hydrogen) atoms. The summed E-state index contributed by atoms with van der Waals surface area (Å²) in [5.41, 5.74) is 1.08. The highest BCUT2D eigenvalue weighted by Gasteiger charge is 2.12. The van der Waals surface area contributed by atoms with Crippen molar-refractivity contribution in [1.29, 1.82) is 0 Å². The SMILES string of the molecule is COc1ccc(C(=O)O)cc1Cn1ccnc1C(C)C. The maximum atomic E-state index is 11.1. The van der Waals surface area contributed by atoms with Crippen LogP contribution in [0.2, 0.25) is 0 Å². The minimum atomic E-state index is -0.941. The van der Waals surface area contributed by atoms with Crippen molar-refractivity contribution in [3.63, 3.8) is 0 Å². The Labute approximate surface area is 117 Å². The number of carboxylic acid groups (broad SMARTS) is 1. The summed E-state index contributed by atoms with van der Waals surface area (Å²) >= 11 is 0. The molecule has 0 saturated heterocycles. The number of carbonyl (C=O) groups is 1. The number of hydrogen-bond acceptors (Lipinski definition) is 3. The van der Waals surface area contributed by atoms with Gasteiger partial charge in [-0.15, -0.1) is 0 Å². The number of carboxylic acids is 1. The number of aromatic nitrogens is 2. The second-order valence-corrected chi connectivity index (χ2v) is 4.90. The molecule has 106 valence electrons. The molecule has 0 spiro atoms. The average Bonchev–Trinajstić information content (AvgIpc) is 2.87. The zero-order valence-electron chi connectivity index (χ0n) is 11.8. The molecular weight excluding hydrogens is 256 g/mol. The molecule has 2 aromatic rings. The van der Waals surface area contributed by atoms with Crippen molar-refractivity contribution in [2.24, 2.45) is 0 Å². The minimum absolute atomic E-state index is 0.256. The molecule has 1 N–H and O–H groups in total. The fourth-order valence-electron chi connectivity index (χ4n) is 2.17. The first kappa shape index (κ1) is 14.1. The molecule has 0 fully saturated rings. The molecular formula is C15H18N2O3. The van der Waals surface area contributed by atoms with E-state index in [-0.39, 0.29) is 5.56 Å². The molecule has 0 amide bonds. The Morgan fingerprint density at radius 2 is 2.20 bits per heavy atom. The number of methoxy groups -OCH3 is 1. The van der Waals surface area contributed by atoms with Gasteiger partial charge in [-0.05, 0) is 18.2 Å². The van der Waals surface area contributed by atoms with Crippen molar-refractivity contribution in [1.82, 2.24) is 9.55 Å². The predicted octanol–water partition coefficient (Wildman–Crippen LogP) is 2.76. The normalized spacial score (nSPS) is 10.8. The largest absolute Gasteiger partial charge is 0.496 e. The van der Waals surface area contributed by atoms with Crippen LogP contribution < -0.4 is 4.74 Å². The lowest BCUT2D eigenvalue weighted by Gasteiger charge is -2.13. The molecule has 2 rings (SSSR count). The van der Waals surface area contributed by atoms with Crippen molar-refractivity contribution in [2.45, 2.75) is 26.3 Å². The van der Waals surface area contributed by atoms with Gasteiger partial charge in [-0.3, -0.25) is 0 Å². The zero-order chi connectivity index (χ0) is 14.7. The van der Waals surface area contributed by atoms with E-state index in [1.165, 1.54) is 0 Å². The molecule has 0 unspecified atom stereocenters. The van der Waals surface area contributed by atoms with Crippen LogP contribution in [0.4, 0.5) is 0 Å². The molecule has 0 atom stereocenters. The Morgan fingerprint density at radius 1 is 1.45 bits per heavy atom. The second kappa shape index (κ2) is 5.77. The summed E-state index contributed by atoms with van der Waals surface area (Å²) in [7, 11) is 1.58. The molecule has 5 heteroatoms. The lowest BCUT2D eigenvalue weighted by atomic mass is 10.1. The fourth-order valence-corrected chi connectivity index (χ4v) is 2.17. The van der Waals surface area contributed by atoms with Crippen LogP contribution in [0.1, 0.15) is 41.5 Å². The smallest absolute Gasteiger partial charge is 0.335 e. The number of hydrogen-bond donors (Lipinski definition) is 1. The third-order valence-corrected chi connectivity index (χ3v) is 3.13. The number of ether oxygens (including phenoxy) is 1. The second-order valence-electron chi connectivity index (χ2n) is 4.90. The maximum absolute atomic E-state index is 11.1. The van der Waals surface area contributed by atoms with E-state index in [0.717, 1.165) is 11.4 Å². The van der Waals surface area contributed by atoms with Gasteiger partial charge in [0.25, 0.3) is 0 Å². The van der Waals surface area contributed by atoms with E-state index >= 15 is 0 Å². The molecule has 0 aliphatic heterocycles. The molecule has 0 radical (unpaired) electrons. The quantitative estimate of drug-likeness (QED) is 0.910. The third-order valence-electron chi connectivity index (χ3n) is 3.13. The van der Waals surface area contributed by atoms with Gasteiger partial charge in [-0.1, -0.05) is 13.8 Å². The summed E-state index contributed by atoms with van der Waals surface area (Å²) in [4.78, 5) is 15.4. The van der Waals surface area contributed by atoms with Gasteiger partial charge in [0.1, 0.15) is 11.6 Å². The monoisotopic (exact) mass is 274 g/mol. The van der Waals surface area contributed by atoms with E-state index in [1.54, 1.807) is 31.5 Å². The van der Waals surface area contributed by atoms with Crippen molar-refractivity contribution >= 4 is 5.97 Å². The van der Waals surface area contributed by atoms with E-state index in [9.17, 15) is 4.79 Å². The zero-order valence-corrected chi connectivity index (χ0v) is 11.8. The van der Waals surface area contributed by atoms with Gasteiger partial charge in [-0.25, -0.2) is 9.78 Å². The van der Waals surface area contributed by atoms with E-state index in [1.807, 2.05) is 10.8 Å². The summed E-state index contributed by atoms with van der Waals surface area (Å²) in [6, 6.07) is 4.87. The highest BCUT2D eigenvalue weighted by molar-refractivity contribution is 5.88. The first-order valence-electron chi connectivity index (χ1n) is 6.44. The molecule has 1 heterocycles. The highest BCUT2D eigenvalue weighted by Crippen LogP contribution is 2.23. The molecule has 1 aromatic carbocycles. The lowest BCUT2D eigenvalue weighted by Crippen LogP contribution is -2.08. The van der Waals surface area contributed by atoms with Gasteiger partial charge in [-0.2, -0.15) is 0 Å². The number of benzene rings is 1. The number of imidazole rings is 1. The van der Waals surface area contributed by atoms with Gasteiger partial charge in [0.2, 0.25) is 0 Å². The summed E-state index contributed by atoms with van der Waals surface area (Å²) < 4.78 is 7.31. The summed E-state index contributed by atoms with van der Waals surface area (Å²) in [5.74, 6) is 1.01. The Kier molecular flexibility index (Phi) is 4.08. The first-order chi connectivity index (χ1) is 9.52. The maximum Gasteiger partial charge on any atom is 0.335 e. The van der Waals surface area contributed by atoms with E-state index in [0.29, 0.717) is 18.2 Å². The van der Waals surface area contributed by atoms with Gasteiger partial charge in [0.05, 0.1) is 19.2 Å². The topological polar surface area (TPSA) is 64.3 Å². The minimum Gasteiger partial charge on any atom is -0.496 e. The van der Waals surface area contributed by atoms with Crippen molar-refractivity contribution in [3.8, 4) is 5.75 Å². The van der Waals surface area contributed by atoms with Crippen LogP contribution in [0, 0.1) is 0 Å². The van der Waals surface area contributed by atoms with Crippen LogP contribution in [0.5, 0.6) is 5.75 Å². The van der Waals surface area contributed by atoms with E-state index in [4.69, 9.17) is 9.84 Å². The molecule has 1 aromatic heterocycles. The Bertz CT molecular complexity index is 617. The fraction of sp³-hybridized carbons (Fsp3) is 0.333. The molecule has 0 bridgehead atoms. The van der Waals surface area contributed by atoms with Crippen molar-refractivity contribution in [2.75, 3.05) is 7.11 Å². The van der Waals surface area contributed by atoms with Crippen LogP contribution in [-0.4, -0.2) is 27.7 Å². The van der Waals surface area contributed by atoms with Crippen LogP contribution >= 0.6 is 0 Å². The van der Waals surface area contributed by atoms with E-state index < -0.39 is 5.97 Å². The van der Waals surface area contributed by atoms with Crippen LogP contribution in [0.3, 0.4) is 0 Å². The van der Waals surface area contributed by atoms with Crippen molar-refractivity contribution in [3.05, 3.63) is 47.5 Å². The number of rotatable bonds is 5. The average molecular weight is 274 g/mol. The Balaban J connectivity index is 2.38. The first-order valence-corrected chi connectivity index (χ1v) is 6.44. The van der Waals surface area contributed by atoms with Gasteiger partial charge < -0.3 is 14.4 Å². The van der Waals surface area contributed by atoms with Gasteiger partial charge in [0, 0.05) is 23.9 Å². The van der Waals surface area contributed by atoms with Crippen LogP contribution in [0.25, 0.3) is 0 Å². The summed E-state index contributed by atoms with van der Waals surface area (Å²) in [5, 5.41) is 9.08. The van der Waals surface area contributed by atoms with Crippen LogP contribution in [0.15, 0.2) is 30.6 Å². The number of aromatic carboxylic acids is 1. The Morgan fingerprint density at radius 3 is 2.80 bits per heavy atom. The predicted molar refractivity (Wildman–Crippen MR) is 75.4 cm³/mol. The van der Waals surface area contributed by atoms with Crippen LogP contribution in [-0.2, 0) is 6.54 Å². The summed E-state index contributed by atoms with van der Waals surface area (Å²) in [6.07, 6.45) is 3.64. The molecule has 0 saturated carbocycles. The summed E-state index contributed by atoms with van der Waals surface area (Å²) in [6.45, 7) is 4.69. The third kappa shape index (κ3) is 2.82. The molecule has 5 nitrogen and oxygen atoms in total. The highest BCUT2D eigenvalue weighted by atomic mass is 16.5. The lowest BCUT2D eigenvalue weighted by molar-refractivity contribution is 0.0696. The molecule has 0 aliphatic carbocycles. The Hall–Kier alpha value is -2.30. The number of nitrogens with zero attached hydrogens (tertiary/aromatic N) is 2. The van der Waals surface area contributed by atoms with Crippen molar-refractivity contribution < 1.29 is 14.6 Å². The van der Waals surface area contributed by atoms with E-state index in [2.05, 4.69) is 18.8 Å². The van der Waals surface area contributed by atoms with Gasteiger partial charge in [0.15, 0.2) is 0 Å².